The van der Waals surface area contributed by atoms with Crippen LogP contribution in [0.25, 0.3) is 11.2 Å². The molecule has 1 fully saturated rings. The maximum Gasteiger partial charge on any atom is 0.204 e. The van der Waals surface area contributed by atoms with E-state index in [1.54, 1.807) is 0 Å². The number of aromatic nitrogens is 4. The van der Waals surface area contributed by atoms with Crippen molar-refractivity contribution in [2.75, 3.05) is 17.6 Å². The molecule has 3 rings (SSSR count). The molecule has 0 aliphatic heterocycles. The fraction of sp³-hybridized carbons (Fsp3) is 0.667. The Labute approximate surface area is 125 Å². The van der Waals surface area contributed by atoms with Crippen LogP contribution in [0.15, 0.2) is 0 Å². The maximum absolute atomic E-state index is 6.11. The number of rotatable bonds is 4. The smallest absolute Gasteiger partial charge is 0.204 e. The first-order chi connectivity index (χ1) is 10.1. The molecule has 0 spiro atoms. The molecule has 0 bridgehead atoms. The molecule has 114 valence electrons. The molecule has 0 amide bonds. The second kappa shape index (κ2) is 5.50. The average molecular weight is 288 g/mol. The zero-order chi connectivity index (χ0) is 15.0. The van der Waals surface area contributed by atoms with Crippen LogP contribution in [-0.2, 0) is 7.05 Å². The zero-order valence-electron chi connectivity index (χ0n) is 13.1. The first-order valence-corrected chi connectivity index (χ1v) is 7.80. The Morgan fingerprint density at radius 2 is 1.95 bits per heavy atom. The summed E-state index contributed by atoms with van der Waals surface area (Å²) in [6.07, 6.45) is 4.86. The molecule has 3 N–H and O–H groups in total. The van der Waals surface area contributed by atoms with Crippen LogP contribution in [0.5, 0.6) is 0 Å². The lowest BCUT2D eigenvalue weighted by Crippen LogP contribution is -2.11. The van der Waals surface area contributed by atoms with Gasteiger partial charge >= 0.3 is 0 Å². The van der Waals surface area contributed by atoms with E-state index in [0.29, 0.717) is 23.2 Å². The second-order valence-electron chi connectivity index (χ2n) is 6.39. The summed E-state index contributed by atoms with van der Waals surface area (Å²) in [6, 6.07) is 0. The molecule has 2 aromatic rings. The van der Waals surface area contributed by atoms with Gasteiger partial charge in [0.25, 0.3) is 0 Å². The van der Waals surface area contributed by atoms with Crippen LogP contribution >= 0.6 is 0 Å². The van der Waals surface area contributed by atoms with Crippen molar-refractivity contribution < 1.29 is 0 Å². The van der Waals surface area contributed by atoms with E-state index in [0.717, 1.165) is 24.0 Å². The largest absolute Gasteiger partial charge is 0.382 e. The van der Waals surface area contributed by atoms with E-state index < -0.39 is 0 Å². The molecule has 6 heteroatoms. The summed E-state index contributed by atoms with van der Waals surface area (Å²) >= 11 is 0. The van der Waals surface area contributed by atoms with Crippen molar-refractivity contribution >= 4 is 22.9 Å². The van der Waals surface area contributed by atoms with Gasteiger partial charge in [-0.15, -0.1) is 0 Å². The number of fused-ring (bicyclic) bond motifs is 1. The quantitative estimate of drug-likeness (QED) is 0.904. The number of imidazole rings is 1. The lowest BCUT2D eigenvalue weighted by Gasteiger charge is -2.09. The van der Waals surface area contributed by atoms with Crippen molar-refractivity contribution in [2.24, 2.45) is 13.0 Å². The van der Waals surface area contributed by atoms with E-state index >= 15 is 0 Å². The highest BCUT2D eigenvalue weighted by Gasteiger charge is 2.22. The predicted octanol–water partition coefficient (Wildman–Crippen LogP) is 2.67. The van der Waals surface area contributed by atoms with Crippen molar-refractivity contribution in [1.82, 2.24) is 19.5 Å². The number of aryl methyl sites for hydroxylation is 1. The molecule has 6 nitrogen and oxygen atoms in total. The highest BCUT2D eigenvalue weighted by molar-refractivity contribution is 5.84. The minimum absolute atomic E-state index is 0.457. The minimum Gasteiger partial charge on any atom is -0.382 e. The van der Waals surface area contributed by atoms with Crippen molar-refractivity contribution in [3.8, 4) is 0 Å². The van der Waals surface area contributed by atoms with Gasteiger partial charge in [-0.05, 0) is 18.8 Å². The lowest BCUT2D eigenvalue weighted by atomic mass is 10.1. The Morgan fingerprint density at radius 1 is 1.24 bits per heavy atom. The van der Waals surface area contributed by atoms with Gasteiger partial charge in [0.15, 0.2) is 17.0 Å². The highest BCUT2D eigenvalue weighted by Crippen LogP contribution is 2.33. The van der Waals surface area contributed by atoms with Gasteiger partial charge in [-0.25, -0.2) is 15.0 Å². The van der Waals surface area contributed by atoms with Gasteiger partial charge in [0, 0.05) is 19.5 Å². The Bertz CT molecular complexity index is 639. The monoisotopic (exact) mass is 288 g/mol. The molecule has 1 aliphatic carbocycles. The normalized spacial score (nSPS) is 16.2. The number of nitrogen functional groups attached to an aromatic ring is 1. The van der Waals surface area contributed by atoms with Crippen LogP contribution in [0.4, 0.5) is 11.8 Å². The molecular weight excluding hydrogens is 264 g/mol. The number of hydrogen-bond acceptors (Lipinski definition) is 5. The Kier molecular flexibility index (Phi) is 3.69. The number of hydrogen-bond donors (Lipinski definition) is 2. The van der Waals surface area contributed by atoms with Crippen molar-refractivity contribution in [2.45, 2.75) is 45.4 Å². The van der Waals surface area contributed by atoms with Crippen molar-refractivity contribution in [1.29, 1.82) is 0 Å². The van der Waals surface area contributed by atoms with Crippen LogP contribution in [0.3, 0.4) is 0 Å². The summed E-state index contributed by atoms with van der Waals surface area (Å²) in [5.41, 5.74) is 7.64. The minimum atomic E-state index is 0.457. The molecule has 0 saturated heterocycles. The standard InChI is InChI=1S/C15H24N6/c1-9(2)8-17-15-18-11-12(16)19-13(10-6-4-5-7-10)20-14(11)21(15)3/h9-10H,4-8H2,1-3H3,(H,17,18)(H2,16,19,20). The summed E-state index contributed by atoms with van der Waals surface area (Å²) in [5.74, 6) is 3.20. The van der Waals surface area contributed by atoms with Crippen molar-refractivity contribution in [3.05, 3.63) is 5.82 Å². The summed E-state index contributed by atoms with van der Waals surface area (Å²) in [7, 11) is 1.98. The second-order valence-corrected chi connectivity index (χ2v) is 6.39. The molecule has 1 saturated carbocycles. The lowest BCUT2D eigenvalue weighted by molar-refractivity contribution is 0.670. The number of anilines is 2. The molecule has 2 aromatic heterocycles. The molecular formula is C15H24N6. The van der Waals surface area contributed by atoms with E-state index in [9.17, 15) is 0 Å². The van der Waals surface area contributed by atoms with Crippen LogP contribution in [0, 0.1) is 5.92 Å². The van der Waals surface area contributed by atoms with Crippen LogP contribution in [0.2, 0.25) is 0 Å². The third-order valence-corrected chi connectivity index (χ3v) is 4.15. The Morgan fingerprint density at radius 3 is 2.62 bits per heavy atom. The van der Waals surface area contributed by atoms with E-state index in [1.807, 2.05) is 11.6 Å². The maximum atomic E-state index is 6.11. The van der Waals surface area contributed by atoms with Gasteiger partial charge in [0.1, 0.15) is 5.82 Å². The summed E-state index contributed by atoms with van der Waals surface area (Å²) in [5, 5.41) is 3.35. The summed E-state index contributed by atoms with van der Waals surface area (Å²) in [6.45, 7) is 5.21. The fourth-order valence-corrected chi connectivity index (χ4v) is 2.92. The van der Waals surface area contributed by atoms with Crippen LogP contribution in [0.1, 0.15) is 51.3 Å². The molecule has 0 radical (unpaired) electrons. The van der Waals surface area contributed by atoms with Crippen molar-refractivity contribution in [3.63, 3.8) is 0 Å². The van der Waals surface area contributed by atoms with E-state index in [1.165, 1.54) is 25.7 Å². The van der Waals surface area contributed by atoms with Gasteiger partial charge in [0.05, 0.1) is 0 Å². The molecule has 0 atom stereocenters. The summed E-state index contributed by atoms with van der Waals surface area (Å²) < 4.78 is 1.98. The predicted molar refractivity (Wildman–Crippen MR) is 85.3 cm³/mol. The number of nitrogens with two attached hydrogens (primary N) is 1. The average Bonchev–Trinajstić information content (AvgIpc) is 3.06. The molecule has 1 aliphatic rings. The molecule has 21 heavy (non-hydrogen) atoms. The van der Waals surface area contributed by atoms with Gasteiger partial charge < -0.3 is 11.1 Å². The van der Waals surface area contributed by atoms with E-state index in [-0.39, 0.29) is 0 Å². The van der Waals surface area contributed by atoms with Gasteiger partial charge in [-0.2, -0.15) is 0 Å². The SMILES string of the molecule is CC(C)CNc1nc2c(N)nc(C3CCCC3)nc2n1C. The Hall–Kier alpha value is -1.85. The molecule has 0 unspecified atom stereocenters. The third kappa shape index (κ3) is 2.66. The van der Waals surface area contributed by atoms with Crippen LogP contribution < -0.4 is 11.1 Å². The zero-order valence-corrected chi connectivity index (χ0v) is 13.1. The summed E-state index contributed by atoms with van der Waals surface area (Å²) in [4.78, 5) is 13.8. The van der Waals surface area contributed by atoms with E-state index in [4.69, 9.17) is 10.7 Å². The Balaban J connectivity index is 1.98. The van der Waals surface area contributed by atoms with Crippen LogP contribution in [-0.4, -0.2) is 26.1 Å². The molecule has 0 aromatic carbocycles. The fourth-order valence-electron chi connectivity index (χ4n) is 2.92. The number of nitrogens with one attached hydrogen (secondary N) is 1. The van der Waals surface area contributed by atoms with Gasteiger partial charge in [-0.1, -0.05) is 26.7 Å². The molecule has 2 heterocycles. The first kappa shape index (κ1) is 14.1. The van der Waals surface area contributed by atoms with Gasteiger partial charge in [-0.3, -0.25) is 4.57 Å². The first-order valence-electron chi connectivity index (χ1n) is 7.80. The number of nitrogens with zero attached hydrogens (tertiary/aromatic N) is 4. The highest BCUT2D eigenvalue weighted by atomic mass is 15.2. The van der Waals surface area contributed by atoms with Gasteiger partial charge in [0.2, 0.25) is 5.95 Å². The van der Waals surface area contributed by atoms with E-state index in [2.05, 4.69) is 29.1 Å². The topological polar surface area (TPSA) is 81.7 Å². The third-order valence-electron chi connectivity index (χ3n) is 4.15.